The molecule has 1 unspecified atom stereocenters. The van der Waals surface area contributed by atoms with Gasteiger partial charge in [-0.25, -0.2) is 22.7 Å². The quantitative estimate of drug-likeness (QED) is 0.690. The van der Waals surface area contributed by atoms with Crippen LogP contribution >= 0.6 is 0 Å². The van der Waals surface area contributed by atoms with Crippen LogP contribution in [0.5, 0.6) is 0 Å². The molecule has 1 aliphatic rings. The van der Waals surface area contributed by atoms with Crippen LogP contribution < -0.4 is 5.73 Å². The third-order valence-corrected chi connectivity index (χ3v) is 4.45. The van der Waals surface area contributed by atoms with Crippen LogP contribution in [0.1, 0.15) is 24.1 Å². The van der Waals surface area contributed by atoms with E-state index in [2.05, 4.69) is 15.1 Å². The van der Waals surface area contributed by atoms with Gasteiger partial charge in [-0.1, -0.05) is 6.07 Å². The molecule has 0 saturated carbocycles. The van der Waals surface area contributed by atoms with E-state index in [-0.39, 0.29) is 24.0 Å². The van der Waals surface area contributed by atoms with E-state index in [1.165, 1.54) is 16.8 Å². The van der Waals surface area contributed by atoms with E-state index in [0.29, 0.717) is 29.3 Å². The first-order valence-electron chi connectivity index (χ1n) is 9.15. The Morgan fingerprint density at radius 2 is 2.17 bits per heavy atom. The van der Waals surface area contributed by atoms with Gasteiger partial charge in [0.05, 0.1) is 30.3 Å². The molecule has 7 nitrogen and oxygen atoms in total. The highest BCUT2D eigenvalue weighted by molar-refractivity contribution is 5.64. The number of pyridine rings is 1. The summed E-state index contributed by atoms with van der Waals surface area (Å²) in [5.74, 6) is -0.512. The minimum absolute atomic E-state index is 0.00427. The smallest absolute Gasteiger partial charge is 0.242 e. The zero-order valence-corrected chi connectivity index (χ0v) is 15.9. The van der Waals surface area contributed by atoms with Crippen LogP contribution in [0.3, 0.4) is 0 Å². The van der Waals surface area contributed by atoms with E-state index in [4.69, 9.17) is 15.6 Å². The molecule has 156 valence electrons. The molecule has 1 atom stereocenters. The number of nitrogen functional groups attached to an aromatic ring is 1. The number of hydrogen-bond donors (Lipinski definition) is 2. The second-order valence-electron chi connectivity index (χ2n) is 6.70. The average Bonchev–Trinajstić information content (AvgIpc) is 3.00. The zero-order valence-electron chi connectivity index (χ0n) is 15.9. The lowest BCUT2D eigenvalue weighted by molar-refractivity contribution is -0.00535. The fourth-order valence-electron chi connectivity index (χ4n) is 2.99. The van der Waals surface area contributed by atoms with Gasteiger partial charge in [0, 0.05) is 24.8 Å². The van der Waals surface area contributed by atoms with Crippen LogP contribution in [0.4, 0.5) is 19.1 Å². The number of rotatable bonds is 3. The summed E-state index contributed by atoms with van der Waals surface area (Å²) in [6, 6.07) is 4.38. The number of halogens is 3. The Labute approximate surface area is 165 Å². The van der Waals surface area contributed by atoms with E-state index >= 15 is 0 Å². The number of aliphatic hydroxyl groups is 1. The molecule has 4 rings (SSSR count). The van der Waals surface area contributed by atoms with Gasteiger partial charge < -0.3 is 15.6 Å². The van der Waals surface area contributed by atoms with E-state index < -0.39 is 12.2 Å². The molecule has 3 aromatic rings. The topological polar surface area (TPSA) is 98.6 Å². The third kappa shape index (κ3) is 5.21. The largest absolute Gasteiger partial charge is 0.391 e. The minimum Gasteiger partial charge on any atom is -0.391 e. The van der Waals surface area contributed by atoms with Crippen LogP contribution in [0.15, 0.2) is 24.4 Å². The number of nitrogens with zero attached hydrogens (tertiary/aromatic N) is 4. The number of hydrogen-bond acceptors (Lipinski definition) is 6. The number of alkyl halides is 2. The van der Waals surface area contributed by atoms with Gasteiger partial charge in [0.1, 0.15) is 5.52 Å². The molecule has 10 heteroatoms. The number of anilines is 1. The Kier molecular flexibility index (Phi) is 6.65. The highest BCUT2D eigenvalue weighted by atomic mass is 19.3. The van der Waals surface area contributed by atoms with Crippen LogP contribution in [-0.2, 0) is 11.2 Å². The predicted octanol–water partition coefficient (Wildman–Crippen LogP) is 2.79. The van der Waals surface area contributed by atoms with Crippen molar-refractivity contribution in [1.29, 1.82) is 0 Å². The zero-order chi connectivity index (χ0) is 21.0. The lowest BCUT2D eigenvalue weighted by atomic mass is 10.1. The van der Waals surface area contributed by atoms with Crippen molar-refractivity contribution in [3.63, 3.8) is 0 Å². The predicted molar refractivity (Wildman–Crippen MR) is 101 cm³/mol. The molecule has 29 heavy (non-hydrogen) atoms. The van der Waals surface area contributed by atoms with Crippen molar-refractivity contribution in [3.8, 4) is 11.4 Å². The first-order valence-corrected chi connectivity index (χ1v) is 9.15. The molecule has 1 saturated heterocycles. The van der Waals surface area contributed by atoms with Crippen LogP contribution in [0.2, 0.25) is 0 Å². The van der Waals surface area contributed by atoms with Gasteiger partial charge in [0.2, 0.25) is 12.4 Å². The number of ether oxygens (including phenoxy) is 1. The van der Waals surface area contributed by atoms with Crippen molar-refractivity contribution >= 4 is 11.5 Å². The Bertz CT molecular complexity index is 974. The van der Waals surface area contributed by atoms with Crippen molar-refractivity contribution < 1.29 is 23.0 Å². The summed E-state index contributed by atoms with van der Waals surface area (Å²) in [7, 11) is 0. The maximum absolute atomic E-state index is 13.9. The summed E-state index contributed by atoms with van der Waals surface area (Å²) in [5.41, 5.74) is 7.41. The number of aromatic nitrogens is 4. The lowest BCUT2D eigenvalue weighted by Gasteiger charge is -2.15. The van der Waals surface area contributed by atoms with E-state index in [0.717, 1.165) is 19.4 Å². The number of fused-ring (bicyclic) bond motifs is 1. The molecule has 0 radical (unpaired) electrons. The first kappa shape index (κ1) is 21.0. The molecule has 0 spiro atoms. The molecular weight excluding hydrogens is 387 g/mol. The molecule has 0 aliphatic carbocycles. The second kappa shape index (κ2) is 9.19. The average molecular weight is 409 g/mol. The molecule has 0 bridgehead atoms. The standard InChI is InChI=1S/C14H12F3N5.C5H10O2/c1-7-8(4-13(16)17)2-3-10(20-7)11-5-9(15)12-6-19-14(18)21-22(11)12;6-5-2-1-3-7-4-5/h2-3,5-6,13H,4H2,1H3,(H2,18,21);5-6H,1-4H2. The SMILES string of the molecule is Cc1nc(-c2cc(F)c3cnc(N)nn23)ccc1CC(F)F.OC1CCCOC1. The van der Waals surface area contributed by atoms with Crippen molar-refractivity contribution in [2.75, 3.05) is 18.9 Å². The summed E-state index contributed by atoms with van der Waals surface area (Å²) in [5, 5.41) is 12.7. The molecule has 0 aromatic carbocycles. The molecule has 0 amide bonds. The van der Waals surface area contributed by atoms with E-state index in [9.17, 15) is 13.2 Å². The van der Waals surface area contributed by atoms with Crippen LogP contribution in [0, 0.1) is 12.7 Å². The third-order valence-electron chi connectivity index (χ3n) is 4.45. The molecule has 1 aliphatic heterocycles. The summed E-state index contributed by atoms with van der Waals surface area (Å²) < 4.78 is 45.1. The fraction of sp³-hybridized carbons (Fsp3) is 0.421. The Morgan fingerprint density at radius 1 is 1.38 bits per heavy atom. The Morgan fingerprint density at radius 3 is 2.76 bits per heavy atom. The van der Waals surface area contributed by atoms with E-state index in [1.807, 2.05) is 0 Å². The first-order chi connectivity index (χ1) is 13.8. The summed E-state index contributed by atoms with van der Waals surface area (Å²) in [4.78, 5) is 8.01. The monoisotopic (exact) mass is 409 g/mol. The van der Waals surface area contributed by atoms with Gasteiger partial charge in [-0.2, -0.15) is 0 Å². The van der Waals surface area contributed by atoms with Gasteiger partial charge in [-0.3, -0.25) is 4.98 Å². The normalized spacial score (nSPS) is 16.7. The number of nitrogens with two attached hydrogens (primary N) is 1. The van der Waals surface area contributed by atoms with Crippen LogP contribution in [-0.4, -0.2) is 50.4 Å². The molecular formula is C19H22F3N5O2. The van der Waals surface area contributed by atoms with Crippen LogP contribution in [0.25, 0.3) is 16.9 Å². The van der Waals surface area contributed by atoms with Gasteiger partial charge in [-0.05, 0) is 31.4 Å². The van der Waals surface area contributed by atoms with Gasteiger partial charge in [0.15, 0.2) is 5.82 Å². The Balaban J connectivity index is 0.000000290. The van der Waals surface area contributed by atoms with Gasteiger partial charge in [0.25, 0.3) is 0 Å². The molecule has 4 heterocycles. The van der Waals surface area contributed by atoms with Crippen molar-refractivity contribution in [1.82, 2.24) is 19.6 Å². The maximum atomic E-state index is 13.9. The lowest BCUT2D eigenvalue weighted by Crippen LogP contribution is -2.21. The number of aliphatic hydroxyl groups excluding tert-OH is 1. The molecule has 1 fully saturated rings. The van der Waals surface area contributed by atoms with Crippen molar-refractivity contribution in [3.05, 3.63) is 41.5 Å². The Hall–Kier alpha value is -2.72. The number of aryl methyl sites for hydroxylation is 1. The van der Waals surface area contributed by atoms with Crippen molar-refractivity contribution in [2.45, 2.75) is 38.7 Å². The summed E-state index contributed by atoms with van der Waals surface area (Å²) in [6.45, 7) is 3.01. The highest BCUT2D eigenvalue weighted by Gasteiger charge is 2.15. The van der Waals surface area contributed by atoms with Gasteiger partial charge >= 0.3 is 0 Å². The highest BCUT2D eigenvalue weighted by Crippen LogP contribution is 2.24. The summed E-state index contributed by atoms with van der Waals surface area (Å²) >= 11 is 0. The maximum Gasteiger partial charge on any atom is 0.242 e. The van der Waals surface area contributed by atoms with Crippen molar-refractivity contribution in [2.24, 2.45) is 0 Å². The minimum atomic E-state index is -2.44. The fourth-order valence-corrected chi connectivity index (χ4v) is 2.99. The van der Waals surface area contributed by atoms with E-state index in [1.54, 1.807) is 19.1 Å². The molecule has 3 aromatic heterocycles. The van der Waals surface area contributed by atoms with Gasteiger partial charge in [-0.15, -0.1) is 5.10 Å². The second-order valence-corrected chi connectivity index (χ2v) is 6.70. The molecule has 3 N–H and O–H groups in total. The summed E-state index contributed by atoms with van der Waals surface area (Å²) in [6.07, 6.45) is 0.219.